The lowest BCUT2D eigenvalue weighted by atomic mass is 9.76. The molecule has 1 heterocycles. The predicted molar refractivity (Wildman–Crippen MR) is 85.7 cm³/mol. The minimum Gasteiger partial charge on any atom is -0.388 e. The Labute approximate surface area is 132 Å². The molecule has 2 N–H and O–H groups in total. The van der Waals surface area contributed by atoms with Gasteiger partial charge in [0.25, 0.3) is 5.91 Å². The molecule has 1 aromatic heterocycles. The van der Waals surface area contributed by atoms with Crippen LogP contribution in [-0.2, 0) is 12.8 Å². The van der Waals surface area contributed by atoms with Gasteiger partial charge in [0.2, 0.25) is 0 Å². The fourth-order valence-corrected chi connectivity index (χ4v) is 3.25. The molecule has 1 unspecified atom stereocenters. The van der Waals surface area contributed by atoms with Crippen LogP contribution in [0.2, 0.25) is 0 Å². The number of carbonyl (C=O) groups excluding carboxylic acids is 1. The van der Waals surface area contributed by atoms with Crippen LogP contribution >= 0.6 is 0 Å². The maximum absolute atomic E-state index is 12.3. The summed E-state index contributed by atoms with van der Waals surface area (Å²) in [5.74, 6) is 0.136. The van der Waals surface area contributed by atoms with Crippen molar-refractivity contribution < 1.29 is 9.90 Å². The third kappa shape index (κ3) is 3.32. The fourth-order valence-electron chi connectivity index (χ4n) is 3.25. The van der Waals surface area contributed by atoms with Gasteiger partial charge in [0.05, 0.1) is 5.60 Å². The molecule has 1 fully saturated rings. The lowest BCUT2D eigenvalue weighted by molar-refractivity contribution is 0.0353. The number of hydrogen-bond donors (Lipinski definition) is 2. The molecule has 0 spiro atoms. The molecule has 0 radical (unpaired) electrons. The van der Waals surface area contributed by atoms with Crippen LogP contribution in [0.3, 0.4) is 0 Å². The van der Waals surface area contributed by atoms with Gasteiger partial charge in [0.1, 0.15) is 5.69 Å². The summed E-state index contributed by atoms with van der Waals surface area (Å²) in [4.78, 5) is 16.9. The van der Waals surface area contributed by atoms with Gasteiger partial charge in [-0.2, -0.15) is 0 Å². The summed E-state index contributed by atoms with van der Waals surface area (Å²) in [5, 5.41) is 13.1. The van der Waals surface area contributed by atoms with Crippen molar-refractivity contribution in [2.75, 3.05) is 6.54 Å². The van der Waals surface area contributed by atoms with Gasteiger partial charge in [-0.25, -0.2) is 4.98 Å². The topological polar surface area (TPSA) is 62.2 Å². The first-order valence-electron chi connectivity index (χ1n) is 8.26. The molecule has 4 heteroatoms. The van der Waals surface area contributed by atoms with Crippen LogP contribution in [0, 0.1) is 11.3 Å². The van der Waals surface area contributed by atoms with Crippen LogP contribution in [0.25, 0.3) is 0 Å². The number of amides is 1. The normalized spacial score (nSPS) is 22.5. The van der Waals surface area contributed by atoms with Crippen LogP contribution in [0.5, 0.6) is 0 Å². The van der Waals surface area contributed by atoms with Crippen molar-refractivity contribution in [2.45, 2.75) is 58.5 Å². The zero-order valence-electron chi connectivity index (χ0n) is 13.8. The number of rotatable bonds is 4. The largest absolute Gasteiger partial charge is 0.388 e. The number of pyridine rings is 1. The van der Waals surface area contributed by atoms with Crippen molar-refractivity contribution in [3.63, 3.8) is 0 Å². The Morgan fingerprint density at radius 2 is 2.18 bits per heavy atom. The average Bonchev–Trinajstić information content (AvgIpc) is 3.28. The highest BCUT2D eigenvalue weighted by Crippen LogP contribution is 2.39. The zero-order chi connectivity index (χ0) is 16.0. The van der Waals surface area contributed by atoms with E-state index in [-0.39, 0.29) is 11.3 Å². The molecular weight excluding hydrogens is 276 g/mol. The molecule has 1 amide bonds. The van der Waals surface area contributed by atoms with Crippen molar-refractivity contribution in [3.8, 4) is 0 Å². The number of nitrogens with one attached hydrogen (secondary N) is 1. The Morgan fingerprint density at radius 1 is 1.45 bits per heavy atom. The van der Waals surface area contributed by atoms with Crippen LogP contribution in [0.1, 0.15) is 61.8 Å². The van der Waals surface area contributed by atoms with Crippen molar-refractivity contribution in [1.29, 1.82) is 0 Å². The highest BCUT2D eigenvalue weighted by molar-refractivity contribution is 5.92. The Kier molecular flexibility index (Phi) is 3.76. The summed E-state index contributed by atoms with van der Waals surface area (Å²) < 4.78 is 0. The SMILES string of the molecule is CC1(C)CCc2ccc(C(=O)NCC(C)(O)C3CC3)nc2C1. The van der Waals surface area contributed by atoms with E-state index in [2.05, 4.69) is 24.1 Å². The van der Waals surface area contributed by atoms with E-state index in [0.29, 0.717) is 18.2 Å². The highest BCUT2D eigenvalue weighted by atomic mass is 16.3. The summed E-state index contributed by atoms with van der Waals surface area (Å²) in [5.41, 5.74) is 2.23. The van der Waals surface area contributed by atoms with E-state index in [0.717, 1.165) is 37.8 Å². The molecule has 4 nitrogen and oxygen atoms in total. The second-order valence-electron chi connectivity index (χ2n) is 7.96. The van der Waals surface area contributed by atoms with Crippen molar-refractivity contribution in [2.24, 2.45) is 11.3 Å². The summed E-state index contributed by atoms with van der Waals surface area (Å²) in [6.45, 7) is 6.59. The van der Waals surface area contributed by atoms with Gasteiger partial charge in [-0.15, -0.1) is 0 Å². The van der Waals surface area contributed by atoms with E-state index in [4.69, 9.17) is 0 Å². The summed E-state index contributed by atoms with van der Waals surface area (Å²) >= 11 is 0. The Balaban J connectivity index is 1.68. The summed E-state index contributed by atoms with van der Waals surface area (Å²) in [6, 6.07) is 3.84. The number of fused-ring (bicyclic) bond motifs is 1. The van der Waals surface area contributed by atoms with E-state index in [1.54, 1.807) is 13.0 Å². The molecule has 1 aromatic rings. The lowest BCUT2D eigenvalue weighted by Gasteiger charge is -2.30. The molecule has 0 saturated heterocycles. The molecular formula is C18H26N2O2. The molecule has 2 aliphatic rings. The minimum atomic E-state index is -0.800. The number of carbonyl (C=O) groups is 1. The van der Waals surface area contributed by atoms with Crippen LogP contribution < -0.4 is 5.32 Å². The minimum absolute atomic E-state index is 0.188. The first kappa shape index (κ1) is 15.5. The van der Waals surface area contributed by atoms with Crippen LogP contribution in [0.15, 0.2) is 12.1 Å². The van der Waals surface area contributed by atoms with Crippen molar-refractivity contribution >= 4 is 5.91 Å². The molecule has 22 heavy (non-hydrogen) atoms. The number of nitrogens with zero attached hydrogens (tertiary/aromatic N) is 1. The number of aliphatic hydroxyl groups is 1. The highest BCUT2D eigenvalue weighted by Gasteiger charge is 2.40. The summed E-state index contributed by atoms with van der Waals surface area (Å²) in [7, 11) is 0. The zero-order valence-corrected chi connectivity index (χ0v) is 13.8. The first-order chi connectivity index (χ1) is 10.3. The van der Waals surface area contributed by atoms with E-state index < -0.39 is 5.60 Å². The Hall–Kier alpha value is -1.42. The lowest BCUT2D eigenvalue weighted by Crippen LogP contribution is -2.42. The molecule has 2 aliphatic carbocycles. The van der Waals surface area contributed by atoms with Crippen molar-refractivity contribution in [3.05, 3.63) is 29.1 Å². The van der Waals surface area contributed by atoms with Gasteiger partial charge in [0.15, 0.2) is 0 Å². The van der Waals surface area contributed by atoms with Crippen LogP contribution in [0.4, 0.5) is 0 Å². The van der Waals surface area contributed by atoms with Crippen molar-refractivity contribution in [1.82, 2.24) is 10.3 Å². The van der Waals surface area contributed by atoms with Gasteiger partial charge in [0, 0.05) is 12.2 Å². The molecule has 120 valence electrons. The quantitative estimate of drug-likeness (QED) is 0.898. The molecule has 1 saturated carbocycles. The van der Waals surface area contributed by atoms with Gasteiger partial charge in [-0.05, 0) is 62.0 Å². The molecule has 0 aliphatic heterocycles. The molecule has 0 bridgehead atoms. The number of aromatic nitrogens is 1. The van der Waals surface area contributed by atoms with E-state index in [1.165, 1.54) is 5.56 Å². The maximum atomic E-state index is 12.3. The standard InChI is InChI=1S/C18H26N2O2/c1-17(2)9-8-12-4-7-14(20-15(12)10-17)16(21)19-11-18(3,22)13-5-6-13/h4,7,13,22H,5-6,8-11H2,1-3H3,(H,19,21). The third-order valence-electron chi connectivity index (χ3n) is 5.08. The fraction of sp³-hybridized carbons (Fsp3) is 0.667. The first-order valence-corrected chi connectivity index (χ1v) is 8.26. The van der Waals surface area contributed by atoms with Gasteiger partial charge >= 0.3 is 0 Å². The number of aryl methyl sites for hydroxylation is 1. The molecule has 0 aromatic carbocycles. The average molecular weight is 302 g/mol. The molecule has 3 rings (SSSR count). The third-order valence-corrected chi connectivity index (χ3v) is 5.08. The van der Waals surface area contributed by atoms with Gasteiger partial charge < -0.3 is 10.4 Å². The molecule has 1 atom stereocenters. The van der Waals surface area contributed by atoms with Crippen LogP contribution in [-0.4, -0.2) is 28.1 Å². The van der Waals surface area contributed by atoms with Gasteiger partial charge in [-0.1, -0.05) is 19.9 Å². The second kappa shape index (κ2) is 5.34. The Bertz CT molecular complexity index is 589. The van der Waals surface area contributed by atoms with E-state index >= 15 is 0 Å². The summed E-state index contributed by atoms with van der Waals surface area (Å²) in [6.07, 6.45) is 5.22. The smallest absolute Gasteiger partial charge is 0.269 e. The predicted octanol–water partition coefficient (Wildman–Crippen LogP) is 2.49. The Morgan fingerprint density at radius 3 is 2.86 bits per heavy atom. The second-order valence-corrected chi connectivity index (χ2v) is 7.96. The van der Waals surface area contributed by atoms with E-state index in [1.807, 2.05) is 6.07 Å². The van der Waals surface area contributed by atoms with Gasteiger partial charge in [-0.3, -0.25) is 4.79 Å². The van der Waals surface area contributed by atoms with E-state index in [9.17, 15) is 9.90 Å². The monoisotopic (exact) mass is 302 g/mol. The number of hydrogen-bond acceptors (Lipinski definition) is 3. The maximum Gasteiger partial charge on any atom is 0.269 e.